The minimum atomic E-state index is -4.73. The van der Waals surface area contributed by atoms with E-state index in [1.807, 2.05) is 5.79 Å². The number of benzene rings is 1. The zero-order valence-electron chi connectivity index (χ0n) is 10.1. The van der Waals surface area contributed by atoms with E-state index in [2.05, 4.69) is 9.28 Å². The van der Waals surface area contributed by atoms with Crippen molar-refractivity contribution in [3.8, 4) is 11.3 Å². The van der Waals surface area contributed by atoms with Gasteiger partial charge in [0.2, 0.25) is 0 Å². The molecule has 1 aromatic heterocycles. The standard InChI is InChI=1S/C10H5F4N2S.CH3.Al.ClH/c11-8-5(7-4-17-9(15)16-7)2-1-3-6(8)10(12,13)14;;;/h1-4H,(H-,15,16);1H3;;1H/q-1;;+2;/p-1. The lowest BCUT2D eigenvalue weighted by Crippen LogP contribution is -2.12. The molecule has 0 unspecified atom stereocenters. The van der Waals surface area contributed by atoms with Crippen LogP contribution in [0.4, 0.5) is 22.7 Å². The van der Waals surface area contributed by atoms with Crippen LogP contribution in [0.5, 0.6) is 0 Å². The van der Waals surface area contributed by atoms with Gasteiger partial charge in [-0.25, -0.2) is 19.4 Å². The molecule has 0 aliphatic heterocycles. The fourth-order valence-corrected chi connectivity index (χ4v) is 3.85. The van der Waals surface area contributed by atoms with Crippen LogP contribution in [0.25, 0.3) is 11.3 Å². The van der Waals surface area contributed by atoms with Crippen LogP contribution < -0.4 is 4.30 Å². The number of nitrogens with one attached hydrogen (secondary N) is 1. The summed E-state index contributed by atoms with van der Waals surface area (Å²) >= 11 is -0.456. The van der Waals surface area contributed by atoms with Crippen molar-refractivity contribution in [1.29, 1.82) is 0 Å². The molecule has 2 rings (SSSR count). The highest BCUT2D eigenvalue weighted by atomic mass is 35.6. The first-order chi connectivity index (χ1) is 9.29. The molecule has 9 heteroatoms. The molecule has 0 fully saturated rings. The monoisotopic (exact) mass is 338 g/mol. The second-order valence-corrected chi connectivity index (χ2v) is 8.31. The van der Waals surface area contributed by atoms with E-state index in [0.29, 0.717) is 11.2 Å². The molecular formula is C11H8AlClF4N2S. The van der Waals surface area contributed by atoms with Gasteiger partial charge in [-0.05, 0) is 12.1 Å². The topological polar surface area (TPSA) is 24.9 Å². The number of hydrogen-bond acceptors (Lipinski definition) is 3. The Morgan fingerprint density at radius 1 is 1.35 bits per heavy atom. The molecule has 20 heavy (non-hydrogen) atoms. The van der Waals surface area contributed by atoms with Crippen molar-refractivity contribution in [3.63, 3.8) is 0 Å². The lowest BCUT2D eigenvalue weighted by atomic mass is 10.1. The van der Waals surface area contributed by atoms with E-state index in [4.69, 9.17) is 10.0 Å². The Hall–Kier alpha value is -0.808. The Labute approximate surface area is 125 Å². The van der Waals surface area contributed by atoms with Crippen LogP contribution in [0.15, 0.2) is 23.6 Å². The third-order valence-electron chi connectivity index (χ3n) is 2.41. The first-order valence-electron chi connectivity index (χ1n) is 5.51. The summed E-state index contributed by atoms with van der Waals surface area (Å²) in [6.07, 6.45) is -4.73. The number of hydrogen-bond donors (Lipinski definition) is 1. The number of aromatic nitrogens is 1. The predicted molar refractivity (Wildman–Crippen MR) is 73.6 cm³/mol. The molecule has 0 amide bonds. The number of anilines is 1. The molecule has 0 aliphatic carbocycles. The van der Waals surface area contributed by atoms with Gasteiger partial charge in [0.05, 0.1) is 11.3 Å². The highest BCUT2D eigenvalue weighted by molar-refractivity contribution is 7.17. The van der Waals surface area contributed by atoms with Crippen LogP contribution in [0.2, 0.25) is 5.79 Å². The van der Waals surface area contributed by atoms with Gasteiger partial charge in [-0.1, -0.05) is 11.9 Å². The normalized spacial score (nSPS) is 11.5. The van der Waals surface area contributed by atoms with Crippen LogP contribution in [-0.2, 0) is 6.18 Å². The molecule has 0 spiro atoms. The molecule has 106 valence electrons. The summed E-state index contributed by atoms with van der Waals surface area (Å²) in [6, 6.07) is 3.13. The third kappa shape index (κ3) is 3.44. The third-order valence-corrected chi connectivity index (χ3v) is 4.39. The average Bonchev–Trinajstić information content (AvgIpc) is 2.75. The highest BCUT2D eigenvalue weighted by Crippen LogP contribution is 2.36. The molecule has 0 radical (unpaired) electrons. The zero-order valence-corrected chi connectivity index (χ0v) is 12.9. The van der Waals surface area contributed by atoms with Gasteiger partial charge in [-0.2, -0.15) is 13.2 Å². The van der Waals surface area contributed by atoms with Gasteiger partial charge >= 0.3 is 19.6 Å². The Morgan fingerprint density at radius 2 is 2.05 bits per heavy atom. The maximum absolute atomic E-state index is 13.9. The molecule has 0 saturated carbocycles. The number of thiazole rings is 1. The predicted octanol–water partition coefficient (Wildman–Crippen LogP) is 4.74. The van der Waals surface area contributed by atoms with Crippen LogP contribution in [0.3, 0.4) is 0 Å². The Morgan fingerprint density at radius 3 is 2.65 bits per heavy atom. The van der Waals surface area contributed by atoms with Crippen molar-refractivity contribution in [2.75, 3.05) is 4.30 Å². The lowest BCUT2D eigenvalue weighted by molar-refractivity contribution is -0.139. The average molecular weight is 339 g/mol. The summed E-state index contributed by atoms with van der Waals surface area (Å²) in [4.78, 5) is 4.05. The first kappa shape index (κ1) is 15.6. The summed E-state index contributed by atoms with van der Waals surface area (Å²) in [6.45, 7) is 0. The molecule has 1 N–H and O–H groups in total. The van der Waals surface area contributed by atoms with Gasteiger partial charge in [0, 0.05) is 10.9 Å². The fraction of sp³-hybridized carbons (Fsp3) is 0.182. The molecule has 1 aromatic carbocycles. The summed E-state index contributed by atoms with van der Waals surface area (Å²) in [7, 11) is 5.86. The summed E-state index contributed by atoms with van der Waals surface area (Å²) < 4.78 is 54.8. The van der Waals surface area contributed by atoms with Crippen LogP contribution in [0.1, 0.15) is 5.56 Å². The van der Waals surface area contributed by atoms with Crippen molar-refractivity contribution in [2.24, 2.45) is 0 Å². The molecule has 0 atom stereocenters. The molecule has 0 aliphatic rings. The summed E-state index contributed by atoms with van der Waals surface area (Å²) in [5, 5.41) is 1.97. The lowest BCUT2D eigenvalue weighted by Gasteiger charge is -2.09. The van der Waals surface area contributed by atoms with Gasteiger partial charge in [-0.15, -0.1) is 11.3 Å². The Bertz CT molecular complexity index is 615. The van der Waals surface area contributed by atoms with Crippen molar-refractivity contribution >= 4 is 40.0 Å². The van der Waals surface area contributed by atoms with Gasteiger partial charge in [0.1, 0.15) is 5.82 Å². The van der Waals surface area contributed by atoms with Crippen molar-refractivity contribution in [1.82, 2.24) is 4.98 Å². The van der Waals surface area contributed by atoms with Gasteiger partial charge in [-0.3, -0.25) is 0 Å². The van der Waals surface area contributed by atoms with Crippen molar-refractivity contribution in [3.05, 3.63) is 35.0 Å². The molecular weight excluding hydrogens is 331 g/mol. The summed E-state index contributed by atoms with van der Waals surface area (Å²) in [5.74, 6) is 0.501. The number of rotatable bonds is 3. The minimum Gasteiger partial charge on any atom is -0.440 e. The van der Waals surface area contributed by atoms with E-state index in [9.17, 15) is 17.6 Å². The molecule has 0 saturated heterocycles. The maximum atomic E-state index is 13.9. The second-order valence-electron chi connectivity index (χ2n) is 3.96. The van der Waals surface area contributed by atoms with E-state index in [1.54, 1.807) is 0 Å². The van der Waals surface area contributed by atoms with Gasteiger partial charge in [0.25, 0.3) is 0 Å². The molecule has 2 nitrogen and oxygen atoms in total. The van der Waals surface area contributed by atoms with Crippen molar-refractivity contribution in [2.45, 2.75) is 12.0 Å². The quantitative estimate of drug-likeness (QED) is 0.646. The van der Waals surface area contributed by atoms with Gasteiger partial charge < -0.3 is 4.30 Å². The number of alkyl halides is 3. The first-order valence-corrected chi connectivity index (χ1v) is 9.87. The second kappa shape index (κ2) is 5.90. The van der Waals surface area contributed by atoms with E-state index in [0.717, 1.165) is 6.07 Å². The fourth-order valence-electron chi connectivity index (χ4n) is 1.58. The SMILES string of the molecule is [CH3][Al]([Cl])[NH]c1nc(-c2cccc(C(F)(F)F)c2F)cs1. The molecule has 1 heterocycles. The van der Waals surface area contributed by atoms with Crippen LogP contribution in [-0.4, -0.2) is 18.4 Å². The number of halogens is 5. The van der Waals surface area contributed by atoms with Crippen LogP contribution >= 0.6 is 21.4 Å². The van der Waals surface area contributed by atoms with Gasteiger partial charge in [0.15, 0.2) is 5.13 Å². The Kier molecular flexibility index (Phi) is 4.59. The maximum Gasteiger partial charge on any atom is 0.539 e. The van der Waals surface area contributed by atoms with E-state index in [-0.39, 0.29) is 11.3 Å². The smallest absolute Gasteiger partial charge is 0.440 e. The van der Waals surface area contributed by atoms with E-state index < -0.39 is 31.0 Å². The van der Waals surface area contributed by atoms with Crippen molar-refractivity contribution < 1.29 is 17.6 Å². The number of nitrogens with zero attached hydrogens (tertiary/aromatic N) is 1. The summed E-state index contributed by atoms with van der Waals surface area (Å²) in [5.41, 5.74) is -1.31. The zero-order chi connectivity index (χ0) is 14.9. The molecule has 2 aromatic rings. The van der Waals surface area contributed by atoms with E-state index in [1.165, 1.54) is 22.8 Å². The van der Waals surface area contributed by atoms with Crippen LogP contribution in [0, 0.1) is 5.82 Å². The minimum absolute atomic E-state index is 0.160. The highest BCUT2D eigenvalue weighted by Gasteiger charge is 2.35. The van der Waals surface area contributed by atoms with E-state index >= 15 is 0 Å². The molecule has 0 bridgehead atoms. The largest absolute Gasteiger partial charge is 0.539 e. The Balaban J connectivity index is 2.41.